The number of hydrogen-bond donors (Lipinski definition) is 1. The van der Waals surface area contributed by atoms with E-state index < -0.39 is 45.9 Å². The van der Waals surface area contributed by atoms with Gasteiger partial charge in [0.05, 0.1) is 6.61 Å². The number of carbonyl (C=O) groups is 2. The smallest absolute Gasteiger partial charge is 0.344 e. The number of nitrogens with one attached hydrogen (secondary N) is 1. The van der Waals surface area contributed by atoms with E-state index in [1.807, 2.05) is 20.8 Å². The largest absolute Gasteiger partial charge is 0.462 e. The fraction of sp³-hybridized carbons (Fsp3) is 0.600. The zero-order valence-electron chi connectivity index (χ0n) is 18.1. The number of carbonyl (C=O) groups excluding carboxylic acids is 2. The zero-order valence-corrected chi connectivity index (χ0v) is 19.7. The Hall–Kier alpha value is -2.33. The van der Waals surface area contributed by atoms with Gasteiger partial charge in [0.2, 0.25) is 5.91 Å². The Bertz CT molecular complexity index is 876. The molecule has 7 nitrogen and oxygen atoms in total. The molecule has 1 aromatic rings. The van der Waals surface area contributed by atoms with Crippen LogP contribution in [0.3, 0.4) is 0 Å². The van der Waals surface area contributed by atoms with Crippen molar-refractivity contribution in [1.82, 2.24) is 5.32 Å². The van der Waals surface area contributed by atoms with Crippen LogP contribution < -0.4 is 5.32 Å². The topological polar surface area (TPSA) is 104 Å². The van der Waals surface area contributed by atoms with Crippen molar-refractivity contribution in [2.24, 2.45) is 16.4 Å². The molecular weight excluding hydrogens is 500 g/mol. The lowest BCUT2D eigenvalue weighted by Gasteiger charge is -2.27. The Morgan fingerprint density at radius 3 is 2.22 bits per heavy atom. The molecule has 32 heavy (non-hydrogen) atoms. The summed E-state index contributed by atoms with van der Waals surface area (Å²) in [6.45, 7) is 7.45. The molecule has 178 valence electrons. The van der Waals surface area contributed by atoms with E-state index in [0.29, 0.717) is 17.2 Å². The minimum atomic E-state index is -2.03. The lowest BCUT2D eigenvalue weighted by molar-refractivity contribution is -0.130. The van der Waals surface area contributed by atoms with E-state index >= 15 is 0 Å². The van der Waals surface area contributed by atoms with Gasteiger partial charge in [-0.25, -0.2) is 22.4 Å². The molecule has 0 spiro atoms. The first kappa shape index (κ1) is 27.7. The minimum absolute atomic E-state index is 0.104. The third-order valence-corrected chi connectivity index (χ3v) is 5.00. The van der Waals surface area contributed by atoms with Crippen LogP contribution in [0.5, 0.6) is 0 Å². The number of halogens is 5. The second kappa shape index (κ2) is 12.1. The molecule has 1 amide bonds. The summed E-state index contributed by atoms with van der Waals surface area (Å²) >= 11 is 3.49. The van der Waals surface area contributed by atoms with Crippen molar-refractivity contribution in [3.8, 4) is 0 Å². The predicted molar refractivity (Wildman–Crippen MR) is 114 cm³/mol. The Kier molecular flexibility index (Phi) is 10.4. The van der Waals surface area contributed by atoms with Crippen LogP contribution >= 0.6 is 15.9 Å². The molecule has 0 aliphatic rings. The Labute approximate surface area is 191 Å². The van der Waals surface area contributed by atoms with Gasteiger partial charge in [-0.2, -0.15) is 0 Å². The quantitative estimate of drug-likeness (QED) is 0.0554. The molecule has 0 bridgehead atoms. The van der Waals surface area contributed by atoms with Gasteiger partial charge < -0.3 is 10.1 Å². The van der Waals surface area contributed by atoms with E-state index in [2.05, 4.69) is 42.9 Å². The highest BCUT2D eigenvalue weighted by Gasteiger charge is 2.31. The van der Waals surface area contributed by atoms with E-state index in [1.165, 1.54) is 0 Å². The number of rotatable bonds is 11. The summed E-state index contributed by atoms with van der Waals surface area (Å²) < 4.78 is 60.1. The van der Waals surface area contributed by atoms with Crippen LogP contribution in [0, 0.1) is 34.6 Å². The lowest BCUT2D eigenvalue weighted by Crippen LogP contribution is -2.38. The van der Waals surface area contributed by atoms with E-state index in [0.717, 1.165) is 6.42 Å². The van der Waals surface area contributed by atoms with Gasteiger partial charge in [-0.1, -0.05) is 48.7 Å². The first-order valence-corrected chi connectivity index (χ1v) is 10.8. The molecule has 0 aliphatic carbocycles. The number of esters is 1. The van der Waals surface area contributed by atoms with Crippen molar-refractivity contribution in [2.75, 3.05) is 13.2 Å². The lowest BCUT2D eigenvalue weighted by atomic mass is 9.81. The zero-order chi connectivity index (χ0) is 24.6. The maximum Gasteiger partial charge on any atom is 0.344 e. The molecule has 0 heterocycles. The second-order valence-corrected chi connectivity index (χ2v) is 9.69. The van der Waals surface area contributed by atoms with Gasteiger partial charge in [-0.05, 0) is 30.7 Å². The molecule has 1 rings (SSSR count). The fourth-order valence-electron chi connectivity index (χ4n) is 3.28. The second-order valence-electron chi connectivity index (χ2n) is 8.12. The number of benzene rings is 1. The molecule has 0 fully saturated rings. The van der Waals surface area contributed by atoms with Gasteiger partial charge >= 0.3 is 5.97 Å². The summed E-state index contributed by atoms with van der Waals surface area (Å²) in [6, 6.07) is 0. The average Bonchev–Trinajstić information content (AvgIpc) is 2.68. The van der Waals surface area contributed by atoms with Crippen LogP contribution in [0.15, 0.2) is 5.11 Å². The number of alkyl halides is 1. The number of amides is 1. The van der Waals surface area contributed by atoms with Crippen molar-refractivity contribution >= 4 is 33.5 Å². The molecule has 1 N–H and O–H groups in total. The van der Waals surface area contributed by atoms with Crippen molar-refractivity contribution in [3.05, 3.63) is 39.3 Å². The molecule has 12 heteroatoms. The first-order valence-electron chi connectivity index (χ1n) is 9.84. The Morgan fingerprint density at radius 1 is 1.16 bits per heavy atom. The number of azide groups is 1. The summed E-state index contributed by atoms with van der Waals surface area (Å²) in [6.07, 6.45) is 1.67. The summed E-state index contributed by atoms with van der Waals surface area (Å²) in [5.41, 5.74) is 4.49. The molecule has 1 aromatic carbocycles. The van der Waals surface area contributed by atoms with E-state index in [1.54, 1.807) is 0 Å². The molecular formula is C20H25BrF4N4O3. The highest BCUT2D eigenvalue weighted by atomic mass is 79.9. The van der Waals surface area contributed by atoms with E-state index in [-0.39, 0.29) is 25.5 Å². The average molecular weight is 525 g/mol. The molecule has 0 aliphatic heterocycles. The van der Waals surface area contributed by atoms with Crippen LogP contribution in [0.2, 0.25) is 0 Å². The van der Waals surface area contributed by atoms with E-state index in [9.17, 15) is 27.2 Å². The minimum Gasteiger partial charge on any atom is -0.462 e. The number of ether oxygens (including phenoxy) is 1. The molecule has 0 aromatic heterocycles. The van der Waals surface area contributed by atoms with Crippen molar-refractivity contribution in [2.45, 2.75) is 51.8 Å². The van der Waals surface area contributed by atoms with Gasteiger partial charge in [0.25, 0.3) is 0 Å². The molecule has 0 saturated carbocycles. The van der Waals surface area contributed by atoms with Crippen LogP contribution in [0.1, 0.15) is 57.3 Å². The molecule has 2 atom stereocenters. The Morgan fingerprint density at radius 2 is 1.72 bits per heavy atom. The maximum atomic E-state index is 13.9. The van der Waals surface area contributed by atoms with E-state index in [4.69, 9.17) is 5.53 Å². The van der Waals surface area contributed by atoms with Crippen LogP contribution in [-0.4, -0.2) is 29.9 Å². The third kappa shape index (κ3) is 7.37. The van der Waals surface area contributed by atoms with Crippen molar-refractivity contribution in [3.63, 3.8) is 0 Å². The number of hydrogen-bond acceptors (Lipinski definition) is 4. The van der Waals surface area contributed by atoms with Gasteiger partial charge in [-0.15, -0.1) is 0 Å². The summed E-state index contributed by atoms with van der Waals surface area (Å²) in [4.78, 5) is 26.7. The standard InChI is InChI=1S/C20H25BrF4N4O3/c1-10(8-11(2)21)9-20(3,4)19(31)27-6-5-7-32-18(30)12-13(22)15(24)17(28-29-26)16(25)14(12)23/h10-11H,5-9H2,1-4H3,(H,27,31). The highest BCUT2D eigenvalue weighted by molar-refractivity contribution is 9.09. The predicted octanol–water partition coefficient (Wildman–Crippen LogP) is 6.07. The highest BCUT2D eigenvalue weighted by Crippen LogP contribution is 2.31. The van der Waals surface area contributed by atoms with Crippen molar-refractivity contribution < 1.29 is 31.9 Å². The molecule has 0 saturated heterocycles. The Balaban J connectivity index is 2.63. The maximum absolute atomic E-state index is 13.9. The monoisotopic (exact) mass is 524 g/mol. The number of nitrogens with zero attached hydrogens (tertiary/aromatic N) is 3. The van der Waals surface area contributed by atoms with Crippen LogP contribution in [0.25, 0.3) is 10.4 Å². The van der Waals surface area contributed by atoms with Gasteiger partial charge in [0.1, 0.15) is 11.3 Å². The first-order chi connectivity index (χ1) is 14.8. The fourth-order valence-corrected chi connectivity index (χ4v) is 3.92. The normalized spacial score (nSPS) is 13.2. The summed E-state index contributed by atoms with van der Waals surface area (Å²) in [5.74, 6) is -9.60. The third-order valence-electron chi connectivity index (χ3n) is 4.63. The van der Waals surface area contributed by atoms with Gasteiger partial charge in [0.15, 0.2) is 23.3 Å². The van der Waals surface area contributed by atoms with Crippen LogP contribution in [0.4, 0.5) is 23.2 Å². The SMILES string of the molecule is CC(Br)CC(C)CC(C)(C)C(=O)NCCCOC(=O)c1c(F)c(F)c(N=[N+]=[N-])c(F)c1F. The summed E-state index contributed by atoms with van der Waals surface area (Å²) in [7, 11) is 0. The molecule has 2 unspecified atom stereocenters. The molecule has 0 radical (unpaired) electrons. The van der Waals surface area contributed by atoms with Crippen molar-refractivity contribution in [1.29, 1.82) is 0 Å². The van der Waals surface area contributed by atoms with Gasteiger partial charge in [0, 0.05) is 21.7 Å². The van der Waals surface area contributed by atoms with Crippen LogP contribution in [-0.2, 0) is 9.53 Å². The van der Waals surface area contributed by atoms with Gasteiger partial charge in [-0.3, -0.25) is 4.79 Å². The summed E-state index contributed by atoms with van der Waals surface area (Å²) in [5, 5.41) is 5.24.